The third-order valence-electron chi connectivity index (χ3n) is 6.11. The molecule has 1 aromatic heterocycles. The molecule has 0 fully saturated rings. The minimum atomic E-state index is -0.206. The topological polar surface area (TPSA) is 32.8 Å². The van der Waals surface area contributed by atoms with E-state index in [2.05, 4.69) is 49.3 Å². The van der Waals surface area contributed by atoms with Gasteiger partial charge in [-0.25, -0.2) is 4.79 Å². The number of benzene rings is 1. The van der Waals surface area contributed by atoms with E-state index in [0.717, 1.165) is 70.5 Å². The highest BCUT2D eigenvalue weighted by molar-refractivity contribution is 7.09. The summed E-state index contributed by atoms with van der Waals surface area (Å²) >= 11 is 1.86. The third-order valence-corrected chi connectivity index (χ3v) is 7.04. The van der Waals surface area contributed by atoms with Crippen LogP contribution in [0, 0.1) is 0 Å². The minimum Gasteiger partial charge on any atom is -0.410 e. The number of hydrogen-bond acceptors (Lipinski definition) is 4. The van der Waals surface area contributed by atoms with Crippen molar-refractivity contribution in [3.8, 4) is 5.75 Å². The molecule has 0 bridgehead atoms. The first-order valence-corrected chi connectivity index (χ1v) is 12.9. The first-order valence-electron chi connectivity index (χ1n) is 12.0. The zero-order chi connectivity index (χ0) is 22.1. The van der Waals surface area contributed by atoms with Crippen molar-refractivity contribution in [1.82, 2.24) is 9.80 Å². The Bertz CT molecular complexity index is 800. The van der Waals surface area contributed by atoms with Crippen LogP contribution in [0.4, 0.5) is 4.79 Å². The molecule has 1 atom stereocenters. The van der Waals surface area contributed by atoms with Crippen LogP contribution in [0.25, 0.3) is 0 Å². The molecule has 0 saturated heterocycles. The van der Waals surface area contributed by atoms with E-state index in [1.807, 2.05) is 28.4 Å². The molecule has 5 heteroatoms. The zero-order valence-corrected chi connectivity index (χ0v) is 20.3. The number of carbonyl (C=O) groups excluding carboxylic acids is 1. The van der Waals surface area contributed by atoms with Crippen molar-refractivity contribution in [2.24, 2.45) is 0 Å². The van der Waals surface area contributed by atoms with Gasteiger partial charge >= 0.3 is 6.09 Å². The molecule has 3 rings (SSSR count). The molecule has 1 unspecified atom stereocenters. The average Bonchev–Trinajstić information content (AvgIpc) is 3.30. The summed E-state index contributed by atoms with van der Waals surface area (Å²) in [4.78, 5) is 18.7. The lowest BCUT2D eigenvalue weighted by atomic mass is 9.86. The van der Waals surface area contributed by atoms with Gasteiger partial charge in [0.2, 0.25) is 0 Å². The van der Waals surface area contributed by atoms with Crippen LogP contribution in [0.1, 0.15) is 62.5 Å². The van der Waals surface area contributed by atoms with Crippen molar-refractivity contribution in [2.45, 2.75) is 71.8 Å². The number of nitrogens with zero attached hydrogens (tertiary/aromatic N) is 2. The number of thiophene rings is 1. The van der Waals surface area contributed by atoms with E-state index < -0.39 is 0 Å². The van der Waals surface area contributed by atoms with Gasteiger partial charge in [-0.2, -0.15) is 0 Å². The molecule has 0 aliphatic heterocycles. The first kappa shape index (κ1) is 23.8. The van der Waals surface area contributed by atoms with Gasteiger partial charge in [0.05, 0.1) is 0 Å². The van der Waals surface area contributed by atoms with Gasteiger partial charge in [0.15, 0.2) is 0 Å². The van der Waals surface area contributed by atoms with Gasteiger partial charge in [-0.15, -0.1) is 11.3 Å². The van der Waals surface area contributed by atoms with Crippen molar-refractivity contribution < 1.29 is 9.53 Å². The van der Waals surface area contributed by atoms with Gasteiger partial charge in [-0.05, 0) is 80.1 Å². The summed E-state index contributed by atoms with van der Waals surface area (Å²) in [6.07, 6.45) is 7.13. The highest BCUT2D eigenvalue weighted by atomic mass is 32.1. The fourth-order valence-corrected chi connectivity index (χ4v) is 5.32. The molecule has 0 saturated carbocycles. The lowest BCUT2D eigenvalue weighted by molar-refractivity contribution is 0.151. The molecule has 0 radical (unpaired) electrons. The fraction of sp³-hybridized carbons (Fsp3) is 0.577. The van der Waals surface area contributed by atoms with E-state index in [1.165, 1.54) is 22.4 Å². The Morgan fingerprint density at radius 3 is 2.48 bits per heavy atom. The smallest absolute Gasteiger partial charge is 0.410 e. The summed E-state index contributed by atoms with van der Waals surface area (Å²) in [5.41, 5.74) is 2.58. The molecule has 1 aliphatic rings. The summed E-state index contributed by atoms with van der Waals surface area (Å²) in [5, 5.41) is 2.17. The normalized spacial score (nSPS) is 15.7. The van der Waals surface area contributed by atoms with Crippen LogP contribution >= 0.6 is 11.3 Å². The van der Waals surface area contributed by atoms with Crippen molar-refractivity contribution in [2.75, 3.05) is 26.2 Å². The Morgan fingerprint density at radius 1 is 1.03 bits per heavy atom. The molecule has 2 aromatic rings. The maximum absolute atomic E-state index is 12.7. The SMILES string of the molecule is CCCN(CCC)C(=O)Oc1cccc2c1CCC(N(CCC)CCc1cccs1)C2. The van der Waals surface area contributed by atoms with Gasteiger partial charge in [-0.3, -0.25) is 4.90 Å². The molecule has 170 valence electrons. The third kappa shape index (κ3) is 6.56. The average molecular weight is 443 g/mol. The molecule has 0 spiro atoms. The Kier molecular flexibility index (Phi) is 9.41. The quantitative estimate of drug-likeness (QED) is 0.416. The lowest BCUT2D eigenvalue weighted by Crippen LogP contribution is -2.41. The molecule has 4 nitrogen and oxygen atoms in total. The number of rotatable bonds is 11. The standard InChI is InChI=1S/C26H38N2O2S/c1-4-15-27(18-14-23-10-8-19-31-23)22-12-13-24-21(20-22)9-7-11-25(24)30-26(29)28(16-5-2)17-6-3/h7-11,19,22H,4-6,12-18,20H2,1-3H3. The summed E-state index contributed by atoms with van der Waals surface area (Å²) in [6, 6.07) is 11.2. The first-order chi connectivity index (χ1) is 15.2. The Labute approximate surface area is 192 Å². The lowest BCUT2D eigenvalue weighted by Gasteiger charge is -2.35. The molecular weight excluding hydrogens is 404 g/mol. The van der Waals surface area contributed by atoms with Gasteiger partial charge in [0.25, 0.3) is 0 Å². The van der Waals surface area contributed by atoms with Gasteiger partial charge in [0.1, 0.15) is 5.75 Å². The Balaban J connectivity index is 1.67. The van der Waals surface area contributed by atoms with Crippen molar-refractivity contribution >= 4 is 17.4 Å². The van der Waals surface area contributed by atoms with E-state index in [0.29, 0.717) is 6.04 Å². The van der Waals surface area contributed by atoms with Crippen LogP contribution in [0.15, 0.2) is 35.7 Å². The van der Waals surface area contributed by atoms with E-state index in [-0.39, 0.29) is 6.09 Å². The van der Waals surface area contributed by atoms with E-state index in [9.17, 15) is 4.79 Å². The van der Waals surface area contributed by atoms with E-state index >= 15 is 0 Å². The van der Waals surface area contributed by atoms with Gasteiger partial charge in [0, 0.05) is 30.6 Å². The molecular formula is C26H38N2O2S. The highest BCUT2D eigenvalue weighted by Gasteiger charge is 2.27. The Morgan fingerprint density at radius 2 is 1.81 bits per heavy atom. The monoisotopic (exact) mass is 442 g/mol. The number of carbonyl (C=O) groups is 1. The van der Waals surface area contributed by atoms with Crippen LogP contribution in [-0.2, 0) is 19.3 Å². The van der Waals surface area contributed by atoms with E-state index in [4.69, 9.17) is 4.74 Å². The molecule has 0 N–H and O–H groups in total. The van der Waals surface area contributed by atoms with Crippen LogP contribution in [-0.4, -0.2) is 48.1 Å². The number of amides is 1. The molecule has 1 aliphatic carbocycles. The maximum Gasteiger partial charge on any atom is 0.415 e. The summed E-state index contributed by atoms with van der Waals surface area (Å²) < 4.78 is 5.89. The molecule has 31 heavy (non-hydrogen) atoms. The summed E-state index contributed by atoms with van der Waals surface area (Å²) in [6.45, 7) is 10.2. The number of hydrogen-bond donors (Lipinski definition) is 0. The predicted molar refractivity (Wildman–Crippen MR) is 130 cm³/mol. The van der Waals surface area contributed by atoms with Crippen LogP contribution in [0.5, 0.6) is 5.75 Å². The zero-order valence-electron chi connectivity index (χ0n) is 19.4. The number of ether oxygens (including phenoxy) is 1. The predicted octanol–water partition coefficient (Wildman–Crippen LogP) is 6.18. The van der Waals surface area contributed by atoms with Crippen LogP contribution < -0.4 is 4.74 Å². The maximum atomic E-state index is 12.7. The second kappa shape index (κ2) is 12.3. The second-order valence-electron chi connectivity index (χ2n) is 8.51. The highest BCUT2D eigenvalue weighted by Crippen LogP contribution is 2.32. The van der Waals surface area contributed by atoms with Crippen LogP contribution in [0.3, 0.4) is 0 Å². The second-order valence-corrected chi connectivity index (χ2v) is 9.54. The molecule has 1 aromatic carbocycles. The number of fused-ring (bicyclic) bond motifs is 1. The Hall–Kier alpha value is -1.85. The van der Waals surface area contributed by atoms with Crippen molar-refractivity contribution in [1.29, 1.82) is 0 Å². The van der Waals surface area contributed by atoms with Gasteiger partial charge in [-0.1, -0.05) is 39.0 Å². The van der Waals surface area contributed by atoms with Crippen molar-refractivity contribution in [3.63, 3.8) is 0 Å². The molecule has 1 amide bonds. The van der Waals surface area contributed by atoms with Crippen molar-refractivity contribution in [3.05, 3.63) is 51.7 Å². The van der Waals surface area contributed by atoms with E-state index in [1.54, 1.807) is 0 Å². The molecule has 1 heterocycles. The van der Waals surface area contributed by atoms with Crippen LogP contribution in [0.2, 0.25) is 0 Å². The summed E-state index contributed by atoms with van der Waals surface area (Å²) in [7, 11) is 0. The largest absolute Gasteiger partial charge is 0.415 e. The minimum absolute atomic E-state index is 0.206. The fourth-order valence-electron chi connectivity index (χ4n) is 4.63. The summed E-state index contributed by atoms with van der Waals surface area (Å²) in [5.74, 6) is 0.763. The van der Waals surface area contributed by atoms with Gasteiger partial charge < -0.3 is 9.64 Å².